The summed E-state index contributed by atoms with van der Waals surface area (Å²) in [5, 5.41) is 12.3. The molecule has 1 atom stereocenters. The van der Waals surface area contributed by atoms with Gasteiger partial charge in [0.1, 0.15) is 12.6 Å². The van der Waals surface area contributed by atoms with Crippen molar-refractivity contribution in [1.29, 1.82) is 0 Å². The van der Waals surface area contributed by atoms with Gasteiger partial charge in [-0.1, -0.05) is 12.8 Å². The highest BCUT2D eigenvalue weighted by atomic mass is 16.5. The van der Waals surface area contributed by atoms with E-state index in [0.717, 1.165) is 32.4 Å². The molecule has 2 rings (SSSR count). The smallest absolute Gasteiger partial charge is 0.326 e. The third-order valence-electron chi connectivity index (χ3n) is 3.90. The van der Waals surface area contributed by atoms with Gasteiger partial charge in [-0.25, -0.2) is 4.79 Å². The molecule has 1 unspecified atom stereocenters. The van der Waals surface area contributed by atoms with Gasteiger partial charge in [0.05, 0.1) is 5.60 Å². The van der Waals surface area contributed by atoms with Gasteiger partial charge >= 0.3 is 5.97 Å². The average molecular weight is 270 g/mol. The second kappa shape index (κ2) is 5.88. The number of carboxylic acids is 1. The second-order valence-corrected chi connectivity index (χ2v) is 5.63. The third kappa shape index (κ3) is 3.45. The number of ether oxygens (including phenoxy) is 1. The number of rotatable bonds is 4. The van der Waals surface area contributed by atoms with Gasteiger partial charge in [-0.2, -0.15) is 0 Å². The van der Waals surface area contributed by atoms with Gasteiger partial charge in [0.2, 0.25) is 5.91 Å². The average Bonchev–Trinajstić information content (AvgIpc) is 2.59. The van der Waals surface area contributed by atoms with Crippen LogP contribution in [0.15, 0.2) is 0 Å². The van der Waals surface area contributed by atoms with Gasteiger partial charge in [-0.05, 0) is 19.8 Å². The molecule has 0 aromatic carbocycles. The molecular formula is C13H22N2O4. The maximum absolute atomic E-state index is 12.2. The molecule has 108 valence electrons. The van der Waals surface area contributed by atoms with Crippen LogP contribution in [0.25, 0.3) is 0 Å². The van der Waals surface area contributed by atoms with Crippen LogP contribution < -0.4 is 5.32 Å². The Labute approximate surface area is 113 Å². The summed E-state index contributed by atoms with van der Waals surface area (Å²) in [7, 11) is 0. The highest BCUT2D eigenvalue weighted by Crippen LogP contribution is 2.19. The molecule has 6 heteroatoms. The molecule has 2 heterocycles. The Balaban J connectivity index is 1.92. The van der Waals surface area contributed by atoms with Crippen molar-refractivity contribution in [2.45, 2.75) is 44.2 Å². The van der Waals surface area contributed by atoms with Crippen molar-refractivity contribution in [2.75, 3.05) is 26.2 Å². The molecule has 0 saturated carbocycles. The van der Waals surface area contributed by atoms with Gasteiger partial charge in [0.15, 0.2) is 0 Å². The molecule has 0 bridgehead atoms. The van der Waals surface area contributed by atoms with E-state index in [-0.39, 0.29) is 18.1 Å². The number of hydrogen-bond donors (Lipinski definition) is 2. The van der Waals surface area contributed by atoms with E-state index in [9.17, 15) is 14.7 Å². The Bertz CT molecular complexity index is 355. The molecule has 6 nitrogen and oxygen atoms in total. The number of nitrogens with zero attached hydrogens (tertiary/aromatic N) is 1. The lowest BCUT2D eigenvalue weighted by molar-refractivity contribution is -0.156. The van der Waals surface area contributed by atoms with Crippen LogP contribution in [0.1, 0.15) is 32.6 Å². The van der Waals surface area contributed by atoms with Crippen molar-refractivity contribution >= 4 is 11.9 Å². The molecule has 2 aliphatic rings. The number of aliphatic carboxylic acids is 1. The number of carbonyl (C=O) groups is 2. The first-order chi connectivity index (χ1) is 9.02. The minimum Gasteiger partial charge on any atom is -0.480 e. The van der Waals surface area contributed by atoms with E-state index in [0.29, 0.717) is 13.0 Å². The largest absolute Gasteiger partial charge is 0.480 e. The zero-order valence-electron chi connectivity index (χ0n) is 11.4. The molecule has 0 aliphatic carbocycles. The molecule has 2 saturated heterocycles. The van der Waals surface area contributed by atoms with Crippen LogP contribution in [0.5, 0.6) is 0 Å². The Morgan fingerprint density at radius 2 is 2.11 bits per heavy atom. The van der Waals surface area contributed by atoms with Crippen LogP contribution in [0, 0.1) is 0 Å². The van der Waals surface area contributed by atoms with Gasteiger partial charge in [-0.15, -0.1) is 0 Å². The maximum atomic E-state index is 12.2. The first kappa shape index (κ1) is 14.3. The minimum atomic E-state index is -0.910. The molecular weight excluding hydrogens is 248 g/mol. The summed E-state index contributed by atoms with van der Waals surface area (Å²) in [6.07, 6.45) is 3.26. The summed E-state index contributed by atoms with van der Waals surface area (Å²) in [6.45, 7) is 3.93. The summed E-state index contributed by atoms with van der Waals surface area (Å²) in [6, 6.07) is -0.689. The van der Waals surface area contributed by atoms with Crippen LogP contribution in [-0.2, 0) is 14.3 Å². The molecule has 1 amide bonds. The molecule has 2 N–H and O–H groups in total. The van der Waals surface area contributed by atoms with Crippen molar-refractivity contribution in [2.24, 2.45) is 0 Å². The molecule has 0 aromatic heterocycles. The predicted molar refractivity (Wildman–Crippen MR) is 68.8 cm³/mol. The lowest BCUT2D eigenvalue weighted by Crippen LogP contribution is -2.60. The third-order valence-corrected chi connectivity index (χ3v) is 3.90. The predicted octanol–water partition coefficient (Wildman–Crippen LogP) is 0.221. The fraction of sp³-hybridized carbons (Fsp3) is 0.846. The normalized spacial score (nSPS) is 26.4. The molecule has 0 spiro atoms. The highest BCUT2D eigenvalue weighted by Gasteiger charge is 2.35. The van der Waals surface area contributed by atoms with Gasteiger partial charge in [0.25, 0.3) is 0 Å². The molecule has 2 aliphatic heterocycles. The first-order valence-corrected chi connectivity index (χ1v) is 6.89. The summed E-state index contributed by atoms with van der Waals surface area (Å²) in [5.74, 6) is -1.12. The van der Waals surface area contributed by atoms with Crippen LogP contribution in [0.2, 0.25) is 0 Å². The highest BCUT2D eigenvalue weighted by molar-refractivity contribution is 5.84. The number of likely N-dealkylation sites (tertiary alicyclic amines) is 1. The molecule has 0 radical (unpaired) electrons. The monoisotopic (exact) mass is 270 g/mol. The zero-order chi connectivity index (χ0) is 13.9. The van der Waals surface area contributed by atoms with Crippen molar-refractivity contribution in [1.82, 2.24) is 10.2 Å². The van der Waals surface area contributed by atoms with E-state index < -0.39 is 12.0 Å². The van der Waals surface area contributed by atoms with E-state index in [4.69, 9.17) is 4.74 Å². The number of carboxylic acid groups (broad SMARTS) is 1. The first-order valence-electron chi connectivity index (χ1n) is 6.89. The zero-order valence-corrected chi connectivity index (χ0v) is 11.4. The van der Waals surface area contributed by atoms with Crippen molar-refractivity contribution in [3.05, 3.63) is 0 Å². The van der Waals surface area contributed by atoms with Crippen LogP contribution in [0.3, 0.4) is 0 Å². The molecule has 2 fully saturated rings. The number of carbonyl (C=O) groups excluding carboxylic acids is 1. The SMILES string of the molecule is CC1(OCC(=O)N2CCCCCC2C(=O)O)CNC1. The fourth-order valence-electron chi connectivity index (χ4n) is 2.56. The van der Waals surface area contributed by atoms with Gasteiger partial charge in [-0.3, -0.25) is 4.79 Å². The fourth-order valence-corrected chi connectivity index (χ4v) is 2.56. The van der Waals surface area contributed by atoms with Crippen LogP contribution in [-0.4, -0.2) is 59.8 Å². The van der Waals surface area contributed by atoms with Crippen LogP contribution >= 0.6 is 0 Å². The van der Waals surface area contributed by atoms with Crippen molar-refractivity contribution in [3.63, 3.8) is 0 Å². The number of nitrogens with one attached hydrogen (secondary N) is 1. The van der Waals surface area contributed by atoms with E-state index in [1.807, 2.05) is 6.92 Å². The summed E-state index contributed by atoms with van der Waals surface area (Å²) in [5.41, 5.74) is -0.278. The summed E-state index contributed by atoms with van der Waals surface area (Å²) < 4.78 is 5.60. The van der Waals surface area contributed by atoms with E-state index in [2.05, 4.69) is 5.32 Å². The minimum absolute atomic E-state index is 0.0258. The van der Waals surface area contributed by atoms with E-state index in [1.54, 1.807) is 0 Å². The number of amides is 1. The summed E-state index contributed by atoms with van der Waals surface area (Å²) >= 11 is 0. The van der Waals surface area contributed by atoms with Crippen molar-refractivity contribution < 1.29 is 19.4 Å². The van der Waals surface area contributed by atoms with E-state index >= 15 is 0 Å². The van der Waals surface area contributed by atoms with Crippen molar-refractivity contribution in [3.8, 4) is 0 Å². The molecule has 19 heavy (non-hydrogen) atoms. The molecule has 0 aromatic rings. The quantitative estimate of drug-likeness (QED) is 0.764. The van der Waals surface area contributed by atoms with Gasteiger partial charge < -0.3 is 20.1 Å². The lowest BCUT2D eigenvalue weighted by atomic mass is 10.0. The Morgan fingerprint density at radius 1 is 1.37 bits per heavy atom. The Morgan fingerprint density at radius 3 is 2.68 bits per heavy atom. The van der Waals surface area contributed by atoms with Crippen LogP contribution in [0.4, 0.5) is 0 Å². The standard InChI is InChI=1S/C13H22N2O4/c1-13(8-14-9-13)19-7-11(16)15-6-4-2-3-5-10(15)12(17)18/h10,14H,2-9H2,1H3,(H,17,18). The maximum Gasteiger partial charge on any atom is 0.326 e. The Kier molecular flexibility index (Phi) is 4.42. The van der Waals surface area contributed by atoms with Gasteiger partial charge in [0, 0.05) is 19.6 Å². The number of hydrogen-bond acceptors (Lipinski definition) is 4. The second-order valence-electron chi connectivity index (χ2n) is 5.63. The Hall–Kier alpha value is -1.14. The lowest BCUT2D eigenvalue weighted by Gasteiger charge is -2.39. The van der Waals surface area contributed by atoms with E-state index in [1.165, 1.54) is 4.90 Å². The topological polar surface area (TPSA) is 78.9 Å². The summed E-state index contributed by atoms with van der Waals surface area (Å²) in [4.78, 5) is 24.9.